The Balaban J connectivity index is 2.35. The van der Waals surface area contributed by atoms with E-state index in [9.17, 15) is 4.79 Å². The molecule has 3 heteroatoms. The van der Waals surface area contributed by atoms with Crippen molar-refractivity contribution in [2.75, 3.05) is 19.8 Å². The van der Waals surface area contributed by atoms with E-state index in [1.54, 1.807) is 0 Å². The standard InChI is InChI=1S/C16H25NO2/c1-4-17(12-15-8-6-5-7-9-15)16(18)10-11-19-13-14(2)3/h5-9,14H,4,10-13H2,1-3H3. The number of hydrogen-bond donors (Lipinski definition) is 0. The van der Waals surface area contributed by atoms with Crippen LogP contribution in [0.25, 0.3) is 0 Å². The Kier molecular flexibility index (Phi) is 7.19. The zero-order chi connectivity index (χ0) is 14.1. The Morgan fingerprint density at radius 1 is 1.26 bits per heavy atom. The molecule has 1 rings (SSSR count). The van der Waals surface area contributed by atoms with Crippen LogP contribution in [-0.2, 0) is 16.1 Å². The van der Waals surface area contributed by atoms with Crippen LogP contribution in [0.4, 0.5) is 0 Å². The fourth-order valence-corrected chi connectivity index (χ4v) is 1.82. The van der Waals surface area contributed by atoms with Crippen LogP contribution < -0.4 is 0 Å². The number of hydrogen-bond acceptors (Lipinski definition) is 2. The van der Waals surface area contributed by atoms with Crippen molar-refractivity contribution in [3.05, 3.63) is 35.9 Å². The molecule has 0 radical (unpaired) electrons. The predicted molar refractivity (Wildman–Crippen MR) is 77.8 cm³/mol. The lowest BCUT2D eigenvalue weighted by Crippen LogP contribution is -2.31. The second kappa shape index (κ2) is 8.70. The molecule has 0 unspecified atom stereocenters. The van der Waals surface area contributed by atoms with E-state index in [2.05, 4.69) is 13.8 Å². The summed E-state index contributed by atoms with van der Waals surface area (Å²) in [6.07, 6.45) is 0.466. The van der Waals surface area contributed by atoms with Gasteiger partial charge in [0.1, 0.15) is 0 Å². The number of benzene rings is 1. The molecule has 0 saturated heterocycles. The van der Waals surface area contributed by atoms with Gasteiger partial charge in [0.05, 0.1) is 13.0 Å². The number of carbonyl (C=O) groups is 1. The van der Waals surface area contributed by atoms with Crippen LogP contribution >= 0.6 is 0 Å². The Labute approximate surface area is 116 Å². The van der Waals surface area contributed by atoms with Gasteiger partial charge in [0.2, 0.25) is 5.91 Å². The average Bonchev–Trinajstić information content (AvgIpc) is 2.41. The molecule has 0 aromatic heterocycles. The quantitative estimate of drug-likeness (QED) is 0.674. The van der Waals surface area contributed by atoms with Gasteiger partial charge in [-0.2, -0.15) is 0 Å². The number of amides is 1. The first-order valence-electron chi connectivity index (χ1n) is 7.03. The highest BCUT2D eigenvalue weighted by atomic mass is 16.5. The summed E-state index contributed by atoms with van der Waals surface area (Å²) in [4.78, 5) is 13.9. The third-order valence-electron chi connectivity index (χ3n) is 2.86. The predicted octanol–water partition coefficient (Wildman–Crippen LogP) is 3.10. The van der Waals surface area contributed by atoms with Crippen LogP contribution in [0, 0.1) is 5.92 Å². The summed E-state index contributed by atoms with van der Waals surface area (Å²) in [6, 6.07) is 10.1. The number of nitrogens with zero attached hydrogens (tertiary/aromatic N) is 1. The van der Waals surface area contributed by atoms with Gasteiger partial charge in [0.15, 0.2) is 0 Å². The SMILES string of the molecule is CCN(Cc1ccccc1)C(=O)CCOCC(C)C. The molecule has 0 bridgehead atoms. The van der Waals surface area contributed by atoms with Crippen molar-refractivity contribution >= 4 is 5.91 Å². The summed E-state index contributed by atoms with van der Waals surface area (Å²) in [7, 11) is 0. The van der Waals surface area contributed by atoms with Gasteiger partial charge in [-0.1, -0.05) is 44.2 Å². The summed E-state index contributed by atoms with van der Waals surface area (Å²) < 4.78 is 5.46. The summed E-state index contributed by atoms with van der Waals surface area (Å²) in [5, 5.41) is 0. The zero-order valence-electron chi connectivity index (χ0n) is 12.3. The molecule has 1 aromatic carbocycles. The third kappa shape index (κ3) is 6.39. The van der Waals surface area contributed by atoms with Crippen LogP contribution in [0.2, 0.25) is 0 Å². The zero-order valence-corrected chi connectivity index (χ0v) is 12.3. The van der Waals surface area contributed by atoms with E-state index >= 15 is 0 Å². The summed E-state index contributed by atoms with van der Waals surface area (Å²) >= 11 is 0. The molecule has 0 heterocycles. The highest BCUT2D eigenvalue weighted by Crippen LogP contribution is 2.06. The maximum Gasteiger partial charge on any atom is 0.225 e. The van der Waals surface area contributed by atoms with Gasteiger partial charge in [-0.3, -0.25) is 4.79 Å². The maximum atomic E-state index is 12.1. The largest absolute Gasteiger partial charge is 0.381 e. The van der Waals surface area contributed by atoms with Crippen molar-refractivity contribution < 1.29 is 9.53 Å². The van der Waals surface area contributed by atoms with Crippen molar-refractivity contribution in [3.63, 3.8) is 0 Å². The minimum Gasteiger partial charge on any atom is -0.381 e. The topological polar surface area (TPSA) is 29.5 Å². The van der Waals surface area contributed by atoms with Crippen molar-refractivity contribution in [2.45, 2.75) is 33.7 Å². The van der Waals surface area contributed by atoms with Gasteiger partial charge in [-0.15, -0.1) is 0 Å². The number of ether oxygens (including phenoxy) is 1. The van der Waals surface area contributed by atoms with Crippen molar-refractivity contribution in [1.82, 2.24) is 4.90 Å². The molecule has 106 valence electrons. The van der Waals surface area contributed by atoms with Crippen LogP contribution in [0.5, 0.6) is 0 Å². The molecule has 0 aliphatic rings. The van der Waals surface area contributed by atoms with Crippen molar-refractivity contribution in [2.24, 2.45) is 5.92 Å². The Morgan fingerprint density at radius 2 is 1.95 bits per heavy atom. The van der Waals surface area contributed by atoms with Gasteiger partial charge in [0.25, 0.3) is 0 Å². The van der Waals surface area contributed by atoms with Crippen molar-refractivity contribution in [3.8, 4) is 0 Å². The van der Waals surface area contributed by atoms with Gasteiger partial charge in [-0.05, 0) is 18.4 Å². The monoisotopic (exact) mass is 263 g/mol. The molecule has 0 saturated carbocycles. The first-order chi connectivity index (χ1) is 9.13. The normalized spacial score (nSPS) is 10.7. The van der Waals surface area contributed by atoms with E-state index in [1.165, 1.54) is 5.56 Å². The minimum absolute atomic E-state index is 0.162. The maximum absolute atomic E-state index is 12.1. The second-order valence-electron chi connectivity index (χ2n) is 5.11. The first-order valence-corrected chi connectivity index (χ1v) is 7.03. The van der Waals surface area contributed by atoms with E-state index in [1.807, 2.05) is 42.2 Å². The molecule has 0 fully saturated rings. The molecule has 0 N–H and O–H groups in total. The average molecular weight is 263 g/mol. The van der Waals surface area contributed by atoms with E-state index in [0.717, 1.165) is 13.2 Å². The molecule has 0 atom stereocenters. The number of rotatable bonds is 8. The summed E-state index contributed by atoms with van der Waals surface area (Å²) in [6.45, 7) is 8.87. The molecule has 0 aliphatic heterocycles. The Hall–Kier alpha value is -1.35. The van der Waals surface area contributed by atoms with Gasteiger partial charge >= 0.3 is 0 Å². The minimum atomic E-state index is 0.162. The molecule has 0 aliphatic carbocycles. The fraction of sp³-hybridized carbons (Fsp3) is 0.562. The van der Waals surface area contributed by atoms with Crippen LogP contribution in [0.15, 0.2) is 30.3 Å². The second-order valence-corrected chi connectivity index (χ2v) is 5.11. The summed E-state index contributed by atoms with van der Waals surface area (Å²) in [5.74, 6) is 0.678. The Bertz CT molecular complexity index is 362. The number of carbonyl (C=O) groups excluding carboxylic acids is 1. The van der Waals surface area contributed by atoms with Gasteiger partial charge < -0.3 is 9.64 Å². The molecule has 19 heavy (non-hydrogen) atoms. The lowest BCUT2D eigenvalue weighted by atomic mass is 10.2. The molecule has 1 aromatic rings. The van der Waals surface area contributed by atoms with Crippen LogP contribution in [0.3, 0.4) is 0 Å². The molecular formula is C16H25NO2. The lowest BCUT2D eigenvalue weighted by molar-refractivity contribution is -0.132. The molecule has 1 amide bonds. The van der Waals surface area contributed by atoms with Crippen LogP contribution in [-0.4, -0.2) is 30.6 Å². The smallest absolute Gasteiger partial charge is 0.225 e. The molecular weight excluding hydrogens is 238 g/mol. The molecule has 0 spiro atoms. The highest BCUT2D eigenvalue weighted by molar-refractivity contribution is 5.76. The van der Waals surface area contributed by atoms with Crippen molar-refractivity contribution in [1.29, 1.82) is 0 Å². The van der Waals surface area contributed by atoms with E-state index in [4.69, 9.17) is 4.74 Å². The first kappa shape index (κ1) is 15.7. The van der Waals surface area contributed by atoms with E-state index < -0.39 is 0 Å². The Morgan fingerprint density at radius 3 is 2.53 bits per heavy atom. The summed E-state index contributed by atoms with van der Waals surface area (Å²) in [5.41, 5.74) is 1.17. The van der Waals surface area contributed by atoms with Gasteiger partial charge in [-0.25, -0.2) is 0 Å². The molecule has 3 nitrogen and oxygen atoms in total. The fourth-order valence-electron chi connectivity index (χ4n) is 1.82. The third-order valence-corrected chi connectivity index (χ3v) is 2.86. The van der Waals surface area contributed by atoms with Gasteiger partial charge in [0, 0.05) is 19.7 Å². The lowest BCUT2D eigenvalue weighted by Gasteiger charge is -2.21. The highest BCUT2D eigenvalue weighted by Gasteiger charge is 2.11. The van der Waals surface area contributed by atoms with Crippen LogP contribution in [0.1, 0.15) is 32.8 Å². The van der Waals surface area contributed by atoms with E-state index in [-0.39, 0.29) is 5.91 Å². The van der Waals surface area contributed by atoms with E-state index in [0.29, 0.717) is 25.5 Å².